The van der Waals surface area contributed by atoms with E-state index in [9.17, 15) is 0 Å². The van der Waals surface area contributed by atoms with E-state index in [2.05, 4.69) is 40.4 Å². The number of aliphatic imine (C=N–C) groups is 1. The van der Waals surface area contributed by atoms with Gasteiger partial charge in [-0.1, -0.05) is 18.2 Å². The van der Waals surface area contributed by atoms with E-state index in [-0.39, 0.29) is 6.10 Å². The zero-order chi connectivity index (χ0) is 17.6. The number of aryl methyl sites for hydroxylation is 1. The van der Waals surface area contributed by atoms with Crippen molar-refractivity contribution >= 4 is 5.96 Å². The highest BCUT2D eigenvalue weighted by Crippen LogP contribution is 2.29. The fourth-order valence-corrected chi connectivity index (χ4v) is 3.42. The van der Waals surface area contributed by atoms with Crippen LogP contribution in [0.2, 0.25) is 0 Å². The fraction of sp³-hybridized carbons (Fsp3) is 0.650. The van der Waals surface area contributed by atoms with Gasteiger partial charge in [0.15, 0.2) is 5.96 Å². The van der Waals surface area contributed by atoms with Crippen molar-refractivity contribution in [1.29, 1.82) is 0 Å². The van der Waals surface area contributed by atoms with Crippen molar-refractivity contribution in [2.45, 2.75) is 57.7 Å². The molecule has 1 aliphatic carbocycles. The molecule has 0 radical (unpaired) electrons. The summed E-state index contributed by atoms with van der Waals surface area (Å²) in [5, 5.41) is 6.98. The minimum Gasteiger partial charge on any atom is -0.489 e. The predicted octanol–water partition coefficient (Wildman–Crippen LogP) is 2.55. The SMILES string of the molecule is CN=C(NCC(C)Oc1ccccc1C)NC1CCN(C2CC2)CC1. The Balaban J connectivity index is 1.39. The third kappa shape index (κ3) is 5.36. The molecule has 25 heavy (non-hydrogen) atoms. The number of hydrogen-bond acceptors (Lipinski definition) is 3. The Morgan fingerprint density at radius 3 is 2.60 bits per heavy atom. The highest BCUT2D eigenvalue weighted by atomic mass is 16.5. The lowest BCUT2D eigenvalue weighted by molar-refractivity contribution is 0.196. The van der Waals surface area contributed by atoms with E-state index in [0.717, 1.165) is 24.3 Å². The summed E-state index contributed by atoms with van der Waals surface area (Å²) in [5.41, 5.74) is 1.17. The van der Waals surface area contributed by atoms with Crippen LogP contribution in [0.15, 0.2) is 29.3 Å². The van der Waals surface area contributed by atoms with Gasteiger partial charge < -0.3 is 20.3 Å². The summed E-state index contributed by atoms with van der Waals surface area (Å²) in [6, 6.07) is 9.55. The van der Waals surface area contributed by atoms with Crippen LogP contribution in [0.3, 0.4) is 0 Å². The molecule has 1 unspecified atom stereocenters. The molecule has 1 aromatic rings. The molecule has 1 saturated heterocycles. The highest BCUT2D eigenvalue weighted by Gasteiger charge is 2.31. The van der Waals surface area contributed by atoms with Gasteiger partial charge in [0, 0.05) is 32.2 Å². The van der Waals surface area contributed by atoms with Crippen LogP contribution < -0.4 is 15.4 Å². The molecule has 2 N–H and O–H groups in total. The van der Waals surface area contributed by atoms with Crippen LogP contribution in [0.4, 0.5) is 0 Å². The minimum absolute atomic E-state index is 0.0800. The Bertz CT molecular complexity index is 577. The van der Waals surface area contributed by atoms with E-state index >= 15 is 0 Å². The molecule has 5 heteroatoms. The Morgan fingerprint density at radius 1 is 1.24 bits per heavy atom. The van der Waals surface area contributed by atoms with Gasteiger partial charge in [-0.15, -0.1) is 0 Å². The second kappa shape index (κ2) is 8.56. The van der Waals surface area contributed by atoms with Gasteiger partial charge in [0.2, 0.25) is 0 Å². The van der Waals surface area contributed by atoms with Crippen molar-refractivity contribution in [3.8, 4) is 5.75 Å². The second-order valence-corrected chi connectivity index (χ2v) is 7.33. The van der Waals surface area contributed by atoms with E-state index in [1.165, 1.54) is 44.3 Å². The number of para-hydroxylation sites is 1. The second-order valence-electron chi connectivity index (χ2n) is 7.33. The lowest BCUT2D eigenvalue weighted by atomic mass is 10.1. The van der Waals surface area contributed by atoms with E-state index in [0.29, 0.717) is 6.04 Å². The Hall–Kier alpha value is -1.75. The molecule has 0 spiro atoms. The Morgan fingerprint density at radius 2 is 1.96 bits per heavy atom. The minimum atomic E-state index is 0.0800. The van der Waals surface area contributed by atoms with Crippen molar-refractivity contribution < 1.29 is 4.74 Å². The Kier molecular flexibility index (Phi) is 6.19. The topological polar surface area (TPSA) is 48.9 Å². The molecule has 1 atom stereocenters. The normalized spacial score (nSPS) is 21.0. The fourth-order valence-electron chi connectivity index (χ4n) is 3.42. The smallest absolute Gasteiger partial charge is 0.191 e. The van der Waals surface area contributed by atoms with Crippen LogP contribution in [0.25, 0.3) is 0 Å². The summed E-state index contributed by atoms with van der Waals surface area (Å²) >= 11 is 0. The first-order valence-electron chi connectivity index (χ1n) is 9.59. The number of guanidine groups is 1. The number of rotatable bonds is 6. The lowest BCUT2D eigenvalue weighted by Crippen LogP contribution is -2.50. The van der Waals surface area contributed by atoms with Gasteiger partial charge in [-0.2, -0.15) is 0 Å². The summed E-state index contributed by atoms with van der Waals surface area (Å²) in [4.78, 5) is 7.02. The average Bonchev–Trinajstić information content (AvgIpc) is 3.46. The number of piperidine rings is 1. The highest BCUT2D eigenvalue weighted by molar-refractivity contribution is 5.80. The van der Waals surface area contributed by atoms with Crippen molar-refractivity contribution in [2.75, 3.05) is 26.7 Å². The first kappa shape index (κ1) is 18.1. The number of ether oxygens (including phenoxy) is 1. The molecule has 0 amide bonds. The maximum Gasteiger partial charge on any atom is 0.191 e. The number of nitrogens with zero attached hydrogens (tertiary/aromatic N) is 2. The van der Waals surface area contributed by atoms with Gasteiger partial charge in [-0.3, -0.25) is 4.99 Å². The standard InChI is InChI=1S/C20H32N4O/c1-15-6-4-5-7-19(15)25-16(2)14-22-20(21-3)23-17-10-12-24(13-11-17)18-8-9-18/h4-7,16-18H,8-14H2,1-3H3,(H2,21,22,23). The van der Waals surface area contributed by atoms with Crippen molar-refractivity contribution in [1.82, 2.24) is 15.5 Å². The molecular weight excluding hydrogens is 312 g/mol. The first-order chi connectivity index (χ1) is 12.2. The van der Waals surface area contributed by atoms with E-state index < -0.39 is 0 Å². The quantitative estimate of drug-likeness (QED) is 0.615. The molecule has 1 aromatic carbocycles. The molecule has 3 rings (SSSR count). The van der Waals surface area contributed by atoms with Gasteiger partial charge in [0.05, 0.1) is 6.54 Å². The van der Waals surface area contributed by atoms with Crippen LogP contribution in [0, 0.1) is 6.92 Å². The number of benzene rings is 1. The van der Waals surface area contributed by atoms with Crippen molar-refractivity contribution in [2.24, 2.45) is 4.99 Å². The molecule has 1 heterocycles. The molecule has 1 aliphatic heterocycles. The van der Waals surface area contributed by atoms with Gasteiger partial charge >= 0.3 is 0 Å². The maximum absolute atomic E-state index is 6.03. The molecule has 138 valence electrons. The summed E-state index contributed by atoms with van der Waals surface area (Å²) in [6.07, 6.45) is 5.29. The molecule has 1 saturated carbocycles. The van der Waals surface area contributed by atoms with Gasteiger partial charge in [0.1, 0.15) is 11.9 Å². The third-order valence-corrected chi connectivity index (χ3v) is 5.14. The summed E-state index contributed by atoms with van der Waals surface area (Å²) < 4.78 is 6.03. The molecule has 2 fully saturated rings. The van der Waals surface area contributed by atoms with E-state index in [1.807, 2.05) is 25.2 Å². The van der Waals surface area contributed by atoms with Crippen LogP contribution >= 0.6 is 0 Å². The molecular formula is C20H32N4O. The van der Waals surface area contributed by atoms with Gasteiger partial charge in [-0.05, 0) is 51.2 Å². The number of likely N-dealkylation sites (tertiary alicyclic amines) is 1. The zero-order valence-corrected chi connectivity index (χ0v) is 15.8. The lowest BCUT2D eigenvalue weighted by Gasteiger charge is -2.33. The van der Waals surface area contributed by atoms with Crippen LogP contribution in [-0.4, -0.2) is 55.7 Å². The van der Waals surface area contributed by atoms with E-state index in [4.69, 9.17) is 4.74 Å². The zero-order valence-electron chi connectivity index (χ0n) is 15.8. The van der Waals surface area contributed by atoms with Gasteiger partial charge in [0.25, 0.3) is 0 Å². The monoisotopic (exact) mass is 344 g/mol. The molecule has 0 aromatic heterocycles. The van der Waals surface area contributed by atoms with Crippen LogP contribution in [-0.2, 0) is 0 Å². The number of nitrogens with one attached hydrogen (secondary N) is 2. The van der Waals surface area contributed by atoms with Gasteiger partial charge in [-0.25, -0.2) is 0 Å². The van der Waals surface area contributed by atoms with Crippen molar-refractivity contribution in [3.05, 3.63) is 29.8 Å². The maximum atomic E-state index is 6.03. The summed E-state index contributed by atoms with van der Waals surface area (Å²) in [7, 11) is 1.83. The molecule has 0 bridgehead atoms. The third-order valence-electron chi connectivity index (χ3n) is 5.14. The first-order valence-corrected chi connectivity index (χ1v) is 9.59. The summed E-state index contributed by atoms with van der Waals surface area (Å²) in [5.74, 6) is 1.83. The average molecular weight is 345 g/mol. The van der Waals surface area contributed by atoms with Crippen molar-refractivity contribution in [3.63, 3.8) is 0 Å². The largest absolute Gasteiger partial charge is 0.489 e. The Labute approximate surface area is 151 Å². The van der Waals surface area contributed by atoms with Crippen LogP contribution in [0.5, 0.6) is 5.75 Å². The molecule has 5 nitrogen and oxygen atoms in total. The number of hydrogen-bond donors (Lipinski definition) is 2. The van der Waals surface area contributed by atoms with Crippen LogP contribution in [0.1, 0.15) is 38.2 Å². The van der Waals surface area contributed by atoms with E-state index in [1.54, 1.807) is 0 Å². The molecule has 2 aliphatic rings. The summed E-state index contributed by atoms with van der Waals surface area (Å²) in [6.45, 7) is 7.32. The predicted molar refractivity (Wildman–Crippen MR) is 103 cm³/mol.